The molecule has 2 aromatic heterocycles. The summed E-state index contributed by atoms with van der Waals surface area (Å²) in [5.74, 6) is 0.520. The van der Waals surface area contributed by atoms with E-state index in [2.05, 4.69) is 15.3 Å². The third-order valence-corrected chi connectivity index (χ3v) is 1.64. The van der Waals surface area contributed by atoms with Crippen molar-refractivity contribution in [1.82, 2.24) is 14.5 Å². The van der Waals surface area contributed by atoms with Crippen LogP contribution in [0.3, 0.4) is 0 Å². The molecule has 5 heteroatoms. The van der Waals surface area contributed by atoms with E-state index in [-0.39, 0.29) is 6.03 Å². The zero-order valence-electron chi connectivity index (χ0n) is 7.29. The fourth-order valence-corrected chi connectivity index (χ4v) is 0.990. The normalized spacial score (nSPS) is 9.71. The van der Waals surface area contributed by atoms with E-state index < -0.39 is 0 Å². The number of amides is 1. The third-order valence-electron chi connectivity index (χ3n) is 1.64. The monoisotopic (exact) mass is 188 g/mol. The number of pyridine rings is 1. The zero-order chi connectivity index (χ0) is 9.80. The lowest BCUT2D eigenvalue weighted by molar-refractivity contribution is 0.253. The van der Waals surface area contributed by atoms with E-state index in [0.29, 0.717) is 5.82 Å². The van der Waals surface area contributed by atoms with Crippen LogP contribution in [0.2, 0.25) is 0 Å². The van der Waals surface area contributed by atoms with Gasteiger partial charge in [-0.25, -0.2) is 14.8 Å². The van der Waals surface area contributed by atoms with Gasteiger partial charge in [0.25, 0.3) is 0 Å². The largest absolute Gasteiger partial charge is 0.332 e. The lowest BCUT2D eigenvalue weighted by Crippen LogP contribution is -2.18. The number of nitrogens with one attached hydrogen (secondary N) is 1. The van der Waals surface area contributed by atoms with Gasteiger partial charge in [0.2, 0.25) is 0 Å². The summed E-state index contributed by atoms with van der Waals surface area (Å²) in [7, 11) is 0. The fraction of sp³-hybridized carbons (Fsp3) is 0. The summed E-state index contributed by atoms with van der Waals surface area (Å²) in [6, 6.07) is 5.03. The molecule has 1 amide bonds. The van der Waals surface area contributed by atoms with Crippen LogP contribution in [0, 0.1) is 0 Å². The van der Waals surface area contributed by atoms with Crippen molar-refractivity contribution < 1.29 is 4.79 Å². The van der Waals surface area contributed by atoms with Gasteiger partial charge in [0.15, 0.2) is 0 Å². The van der Waals surface area contributed by atoms with E-state index in [1.807, 2.05) is 0 Å². The molecule has 0 unspecified atom stereocenters. The van der Waals surface area contributed by atoms with Crippen molar-refractivity contribution in [3.63, 3.8) is 0 Å². The number of carbonyl (C=O) groups excluding carboxylic acids is 1. The third kappa shape index (κ3) is 1.77. The van der Waals surface area contributed by atoms with Gasteiger partial charge >= 0.3 is 6.03 Å². The van der Waals surface area contributed by atoms with E-state index in [9.17, 15) is 4.79 Å². The summed E-state index contributed by atoms with van der Waals surface area (Å²) in [4.78, 5) is 19.2. The van der Waals surface area contributed by atoms with Gasteiger partial charge in [-0.05, 0) is 12.1 Å². The highest BCUT2D eigenvalue weighted by Gasteiger charge is 2.03. The van der Waals surface area contributed by atoms with Crippen molar-refractivity contribution in [3.8, 4) is 0 Å². The van der Waals surface area contributed by atoms with Gasteiger partial charge in [0, 0.05) is 18.6 Å². The van der Waals surface area contributed by atoms with Gasteiger partial charge in [-0.3, -0.25) is 9.88 Å². The first-order valence-electron chi connectivity index (χ1n) is 4.06. The summed E-state index contributed by atoms with van der Waals surface area (Å²) in [6.45, 7) is 0. The highest BCUT2D eigenvalue weighted by Crippen LogP contribution is 2.00. The first-order valence-corrected chi connectivity index (χ1v) is 4.06. The van der Waals surface area contributed by atoms with Crippen LogP contribution in [0.1, 0.15) is 0 Å². The number of imidazole rings is 1. The van der Waals surface area contributed by atoms with E-state index in [1.54, 1.807) is 30.6 Å². The lowest BCUT2D eigenvalue weighted by atomic mass is 10.5. The Kier molecular flexibility index (Phi) is 2.22. The molecule has 2 aromatic rings. The minimum Gasteiger partial charge on any atom is -0.292 e. The lowest BCUT2D eigenvalue weighted by Gasteiger charge is -2.02. The Morgan fingerprint density at radius 1 is 1.36 bits per heavy atom. The molecule has 2 heterocycles. The molecule has 0 aliphatic heterocycles. The highest BCUT2D eigenvalue weighted by atomic mass is 16.2. The second kappa shape index (κ2) is 3.69. The molecule has 14 heavy (non-hydrogen) atoms. The topological polar surface area (TPSA) is 59.8 Å². The molecular formula is C9H8N4O. The van der Waals surface area contributed by atoms with Crippen molar-refractivity contribution in [1.29, 1.82) is 0 Å². The summed E-state index contributed by atoms with van der Waals surface area (Å²) in [5.41, 5.74) is 0. The number of rotatable bonds is 1. The predicted octanol–water partition coefficient (Wildman–Crippen LogP) is 1.36. The van der Waals surface area contributed by atoms with E-state index in [4.69, 9.17) is 0 Å². The number of hydrogen-bond acceptors (Lipinski definition) is 3. The Bertz CT molecular complexity index is 410. The van der Waals surface area contributed by atoms with Crippen LogP contribution in [-0.2, 0) is 0 Å². The van der Waals surface area contributed by atoms with Crippen LogP contribution in [0.4, 0.5) is 10.6 Å². The van der Waals surface area contributed by atoms with E-state index >= 15 is 0 Å². The maximum Gasteiger partial charge on any atom is 0.332 e. The summed E-state index contributed by atoms with van der Waals surface area (Å²) < 4.78 is 1.34. The minimum atomic E-state index is -0.277. The predicted molar refractivity (Wildman–Crippen MR) is 50.9 cm³/mol. The van der Waals surface area contributed by atoms with E-state index in [0.717, 1.165) is 0 Å². The standard InChI is InChI=1S/C9H8N4O/c14-9(13-6-5-10-7-13)12-8-3-1-2-4-11-8/h1-7H,(H,11,12,14). The van der Waals surface area contributed by atoms with Crippen molar-refractivity contribution in [3.05, 3.63) is 43.1 Å². The first kappa shape index (κ1) is 8.43. The van der Waals surface area contributed by atoms with Gasteiger partial charge in [-0.1, -0.05) is 6.07 Å². The van der Waals surface area contributed by atoms with Crippen molar-refractivity contribution >= 4 is 11.8 Å². The molecule has 1 N–H and O–H groups in total. The van der Waals surface area contributed by atoms with Crippen molar-refractivity contribution in [2.45, 2.75) is 0 Å². The number of nitrogens with zero attached hydrogens (tertiary/aromatic N) is 3. The molecule has 70 valence electrons. The Balaban J connectivity index is 2.10. The first-order chi connectivity index (χ1) is 6.86. The van der Waals surface area contributed by atoms with Gasteiger partial charge in [0.05, 0.1) is 0 Å². The molecular weight excluding hydrogens is 180 g/mol. The van der Waals surface area contributed by atoms with Gasteiger partial charge < -0.3 is 0 Å². The minimum absolute atomic E-state index is 0.277. The van der Waals surface area contributed by atoms with Crippen molar-refractivity contribution in [2.75, 3.05) is 5.32 Å². The van der Waals surface area contributed by atoms with Crippen LogP contribution in [0.5, 0.6) is 0 Å². The van der Waals surface area contributed by atoms with Crippen LogP contribution in [0.25, 0.3) is 0 Å². The average molecular weight is 188 g/mol. The van der Waals surface area contributed by atoms with Crippen LogP contribution < -0.4 is 5.32 Å². The number of aromatic nitrogens is 3. The number of anilines is 1. The molecule has 0 spiro atoms. The van der Waals surface area contributed by atoms with Crippen molar-refractivity contribution in [2.24, 2.45) is 0 Å². The molecule has 5 nitrogen and oxygen atoms in total. The molecule has 0 aromatic carbocycles. The molecule has 0 saturated carbocycles. The quantitative estimate of drug-likeness (QED) is 0.735. The Morgan fingerprint density at radius 2 is 2.29 bits per heavy atom. The van der Waals surface area contributed by atoms with Crippen LogP contribution in [-0.4, -0.2) is 20.6 Å². The van der Waals surface area contributed by atoms with Crippen LogP contribution >= 0.6 is 0 Å². The van der Waals surface area contributed by atoms with Gasteiger partial charge in [-0.15, -0.1) is 0 Å². The average Bonchev–Trinajstić information content (AvgIpc) is 2.72. The SMILES string of the molecule is O=C(Nc1ccccn1)n1ccnc1. The Morgan fingerprint density at radius 3 is 2.93 bits per heavy atom. The fourth-order valence-electron chi connectivity index (χ4n) is 0.990. The molecule has 0 atom stereocenters. The second-order valence-electron chi connectivity index (χ2n) is 2.62. The number of hydrogen-bond donors (Lipinski definition) is 1. The van der Waals surface area contributed by atoms with E-state index in [1.165, 1.54) is 17.1 Å². The molecule has 0 bridgehead atoms. The summed E-state index contributed by atoms with van der Waals surface area (Å²) >= 11 is 0. The van der Waals surface area contributed by atoms with Gasteiger partial charge in [-0.2, -0.15) is 0 Å². The molecule has 0 aliphatic carbocycles. The highest BCUT2D eigenvalue weighted by molar-refractivity contribution is 5.89. The Hall–Kier alpha value is -2.17. The molecule has 0 fully saturated rings. The van der Waals surface area contributed by atoms with Gasteiger partial charge in [0.1, 0.15) is 12.1 Å². The summed E-state index contributed by atoms with van der Waals surface area (Å²) in [5, 5.41) is 2.62. The molecule has 2 rings (SSSR count). The zero-order valence-corrected chi connectivity index (χ0v) is 7.29. The smallest absolute Gasteiger partial charge is 0.292 e. The van der Waals surface area contributed by atoms with Crippen LogP contribution in [0.15, 0.2) is 43.1 Å². The molecule has 0 aliphatic rings. The Labute approximate surface area is 80.4 Å². The second-order valence-corrected chi connectivity index (χ2v) is 2.62. The maximum atomic E-state index is 11.4. The molecule has 0 saturated heterocycles. The summed E-state index contributed by atoms with van der Waals surface area (Å²) in [6.07, 6.45) is 6.15. The maximum absolute atomic E-state index is 11.4. The number of carbonyl (C=O) groups is 1. The molecule has 0 radical (unpaired) electrons.